The quantitative estimate of drug-likeness (QED) is 0.351. The summed E-state index contributed by atoms with van der Waals surface area (Å²) in [5.41, 5.74) is 6.71. The Balaban J connectivity index is 1.51. The lowest BCUT2D eigenvalue weighted by Crippen LogP contribution is -2.30. The highest BCUT2D eigenvalue weighted by molar-refractivity contribution is 6.36. The Hall–Kier alpha value is -2.69. The van der Waals surface area contributed by atoms with Crippen LogP contribution in [0.4, 0.5) is 22.0 Å². The molecule has 192 valence electrons. The molecular formula is C24H28Cl2FN7O2. The maximum atomic E-state index is 14.7. The number of hydrogen-bond donors (Lipinski definition) is 4. The number of primary amides is 1. The Kier molecular flexibility index (Phi) is 7.18. The second kappa shape index (κ2) is 10.4. The molecule has 9 nitrogen and oxygen atoms in total. The molecule has 2 fully saturated rings. The summed E-state index contributed by atoms with van der Waals surface area (Å²) in [6.45, 7) is 0. The average molecular weight is 536 g/mol. The van der Waals surface area contributed by atoms with E-state index in [0.717, 1.165) is 19.3 Å². The third-order valence-corrected chi connectivity index (χ3v) is 7.64. The third kappa shape index (κ3) is 5.21. The number of amides is 1. The van der Waals surface area contributed by atoms with E-state index in [-0.39, 0.29) is 45.7 Å². The Morgan fingerprint density at radius 3 is 2.61 bits per heavy atom. The first-order valence-electron chi connectivity index (χ1n) is 12.2. The van der Waals surface area contributed by atoms with Gasteiger partial charge in [-0.25, -0.2) is 14.4 Å². The van der Waals surface area contributed by atoms with E-state index in [1.807, 2.05) is 4.57 Å². The Morgan fingerprint density at radius 1 is 1.14 bits per heavy atom. The van der Waals surface area contributed by atoms with Crippen molar-refractivity contribution in [2.75, 3.05) is 10.6 Å². The molecule has 5 rings (SSSR count). The minimum absolute atomic E-state index is 0.0403. The fourth-order valence-corrected chi connectivity index (χ4v) is 5.78. The zero-order valence-corrected chi connectivity index (χ0v) is 21.1. The van der Waals surface area contributed by atoms with Crippen LogP contribution in [0.25, 0.3) is 11.2 Å². The number of rotatable bonds is 6. The lowest BCUT2D eigenvalue weighted by molar-refractivity contribution is -0.122. The fraction of sp³-hybridized carbons (Fsp3) is 0.500. The summed E-state index contributed by atoms with van der Waals surface area (Å²) in [6.07, 6.45) is 7.26. The smallest absolute Gasteiger partial charge is 0.224 e. The van der Waals surface area contributed by atoms with E-state index in [0.29, 0.717) is 55.2 Å². The number of hydrogen-bond acceptors (Lipinski definition) is 7. The first-order valence-corrected chi connectivity index (χ1v) is 12.9. The summed E-state index contributed by atoms with van der Waals surface area (Å²) in [5, 5.41) is 16.7. The lowest BCUT2D eigenvalue weighted by Gasteiger charge is -2.29. The third-order valence-electron chi connectivity index (χ3n) is 7.12. The first-order chi connectivity index (χ1) is 17.3. The molecular weight excluding hydrogens is 508 g/mol. The van der Waals surface area contributed by atoms with Crippen LogP contribution in [0.1, 0.15) is 57.4 Å². The topological polar surface area (TPSA) is 131 Å². The van der Waals surface area contributed by atoms with Gasteiger partial charge in [-0.2, -0.15) is 4.98 Å². The number of aliphatic hydroxyl groups excluding tert-OH is 1. The molecule has 1 unspecified atom stereocenters. The summed E-state index contributed by atoms with van der Waals surface area (Å²) in [5.74, 6) is -0.250. The summed E-state index contributed by atoms with van der Waals surface area (Å²) < 4.78 is 16.7. The van der Waals surface area contributed by atoms with Crippen LogP contribution < -0.4 is 16.4 Å². The number of anilines is 3. The molecule has 0 spiro atoms. The van der Waals surface area contributed by atoms with E-state index >= 15 is 0 Å². The van der Waals surface area contributed by atoms with E-state index in [1.54, 1.807) is 6.20 Å². The number of nitrogens with two attached hydrogens (primary N) is 1. The largest absolute Gasteiger partial charge is 0.393 e. The fourth-order valence-electron chi connectivity index (χ4n) is 5.26. The van der Waals surface area contributed by atoms with Crippen molar-refractivity contribution in [1.82, 2.24) is 19.5 Å². The zero-order valence-electron chi connectivity index (χ0n) is 19.6. The van der Waals surface area contributed by atoms with Gasteiger partial charge in [-0.15, -0.1) is 0 Å². The molecule has 0 bridgehead atoms. The number of benzene rings is 1. The Morgan fingerprint density at radius 2 is 1.92 bits per heavy atom. The summed E-state index contributed by atoms with van der Waals surface area (Å²) in [6, 6.07) is 2.68. The number of carbonyl (C=O) groups is 1. The van der Waals surface area contributed by atoms with Gasteiger partial charge >= 0.3 is 0 Å². The summed E-state index contributed by atoms with van der Waals surface area (Å²) >= 11 is 12.2. The van der Waals surface area contributed by atoms with Crippen molar-refractivity contribution in [1.29, 1.82) is 0 Å². The van der Waals surface area contributed by atoms with Gasteiger partial charge in [0.1, 0.15) is 11.3 Å². The van der Waals surface area contributed by atoms with E-state index in [4.69, 9.17) is 33.9 Å². The number of carbonyl (C=O) groups excluding carboxylic acids is 1. The highest BCUT2D eigenvalue weighted by atomic mass is 35.5. The van der Waals surface area contributed by atoms with E-state index in [1.165, 1.54) is 12.1 Å². The van der Waals surface area contributed by atoms with Gasteiger partial charge in [0.2, 0.25) is 17.8 Å². The number of aliphatic hydroxyl groups is 1. The van der Waals surface area contributed by atoms with Crippen molar-refractivity contribution in [2.45, 2.75) is 69.6 Å². The van der Waals surface area contributed by atoms with E-state index in [2.05, 4.69) is 20.6 Å². The van der Waals surface area contributed by atoms with Gasteiger partial charge in [-0.3, -0.25) is 9.36 Å². The van der Waals surface area contributed by atoms with Crippen LogP contribution in [-0.4, -0.2) is 42.7 Å². The van der Waals surface area contributed by atoms with Crippen LogP contribution in [0.15, 0.2) is 18.3 Å². The van der Waals surface area contributed by atoms with E-state index < -0.39 is 5.82 Å². The van der Waals surface area contributed by atoms with Gasteiger partial charge in [-0.1, -0.05) is 23.2 Å². The molecule has 0 radical (unpaired) electrons. The molecule has 5 N–H and O–H groups in total. The Bertz CT molecular complexity index is 1260. The van der Waals surface area contributed by atoms with Crippen LogP contribution in [-0.2, 0) is 4.79 Å². The molecule has 3 aromatic rings. The lowest BCUT2D eigenvalue weighted by atomic mass is 9.85. The monoisotopic (exact) mass is 535 g/mol. The van der Waals surface area contributed by atoms with Crippen LogP contribution >= 0.6 is 23.2 Å². The van der Waals surface area contributed by atoms with Gasteiger partial charge in [0, 0.05) is 23.0 Å². The maximum absolute atomic E-state index is 14.7. The van der Waals surface area contributed by atoms with Gasteiger partial charge in [-0.05, 0) is 63.5 Å². The molecule has 2 aliphatic carbocycles. The molecule has 12 heteroatoms. The number of imidazole rings is 1. The van der Waals surface area contributed by atoms with Gasteiger partial charge < -0.3 is 21.5 Å². The average Bonchev–Trinajstić information content (AvgIpc) is 3.18. The Labute approximate surface area is 217 Å². The maximum Gasteiger partial charge on any atom is 0.224 e. The standard InChI is InChI=1S/C24H28Cl2FN7O2/c25-13-8-17(26)20(18(27)9-13)32-24-31-19-11-29-23(30-14-2-1-3-16(35)10-14)33-22(19)34(24)15-6-4-12(5-7-15)21(28)36/h8-9,11-12,14-16,35H,1-7,10H2,(H2,28,36)(H,31,32)(H,29,30,33)/t12?,14?,15?,16-/m1/s1. The normalized spacial score (nSPS) is 24.6. The number of aromatic nitrogens is 4. The molecule has 2 heterocycles. The van der Waals surface area contributed by atoms with Crippen molar-refractivity contribution in [3.05, 3.63) is 34.2 Å². The SMILES string of the molecule is NC(=O)C1CCC(n2c(Nc3c(F)cc(Cl)cc3Cl)nc3cnc(NC4CCC[C@@H](O)C4)nc32)CC1. The van der Waals surface area contributed by atoms with Crippen LogP contribution in [0.5, 0.6) is 0 Å². The van der Waals surface area contributed by atoms with Crippen molar-refractivity contribution in [3.8, 4) is 0 Å². The predicted octanol–water partition coefficient (Wildman–Crippen LogP) is 4.95. The van der Waals surface area contributed by atoms with Crippen molar-refractivity contribution in [2.24, 2.45) is 11.7 Å². The minimum atomic E-state index is -0.604. The highest BCUT2D eigenvalue weighted by Gasteiger charge is 2.30. The van der Waals surface area contributed by atoms with Crippen LogP contribution in [0, 0.1) is 11.7 Å². The minimum Gasteiger partial charge on any atom is -0.393 e. The van der Waals surface area contributed by atoms with Crippen LogP contribution in [0.3, 0.4) is 0 Å². The highest BCUT2D eigenvalue weighted by Crippen LogP contribution is 2.38. The summed E-state index contributed by atoms with van der Waals surface area (Å²) in [4.78, 5) is 25.5. The molecule has 36 heavy (non-hydrogen) atoms. The van der Waals surface area contributed by atoms with Gasteiger partial charge in [0.15, 0.2) is 5.65 Å². The molecule has 2 saturated carbocycles. The second-order valence-corrected chi connectivity index (χ2v) is 10.5. The molecule has 2 aliphatic rings. The predicted molar refractivity (Wildman–Crippen MR) is 137 cm³/mol. The first kappa shape index (κ1) is 25.0. The van der Waals surface area contributed by atoms with Gasteiger partial charge in [0.25, 0.3) is 0 Å². The molecule has 2 aromatic heterocycles. The molecule has 1 amide bonds. The van der Waals surface area contributed by atoms with Gasteiger partial charge in [0.05, 0.1) is 23.0 Å². The number of halogens is 3. The zero-order chi connectivity index (χ0) is 25.4. The molecule has 1 aromatic carbocycles. The molecule has 2 atom stereocenters. The number of nitrogens with zero attached hydrogens (tertiary/aromatic N) is 4. The van der Waals surface area contributed by atoms with Crippen molar-refractivity contribution >= 4 is 57.9 Å². The summed E-state index contributed by atoms with van der Waals surface area (Å²) in [7, 11) is 0. The van der Waals surface area contributed by atoms with Crippen molar-refractivity contribution in [3.63, 3.8) is 0 Å². The number of nitrogens with one attached hydrogen (secondary N) is 2. The molecule has 0 saturated heterocycles. The van der Waals surface area contributed by atoms with Crippen LogP contribution in [0.2, 0.25) is 10.0 Å². The molecule has 0 aliphatic heterocycles. The second-order valence-electron chi connectivity index (χ2n) is 9.65. The van der Waals surface area contributed by atoms with Crippen molar-refractivity contribution < 1.29 is 14.3 Å². The van der Waals surface area contributed by atoms with E-state index in [9.17, 15) is 14.3 Å². The number of fused-ring (bicyclic) bond motifs is 1.